The number of amides is 1. The largest absolute Gasteiger partial charge is 0.490 e. The van der Waals surface area contributed by atoms with Crippen molar-refractivity contribution in [2.45, 2.75) is 30.6 Å². The number of rotatable bonds is 3. The first-order valence-electron chi connectivity index (χ1n) is 6.42. The Morgan fingerprint density at radius 3 is 2.61 bits per heavy atom. The minimum atomic E-state index is -5.08. The SMILES string of the molecule is O=C(NCC1CCc2cccnc21)C(F)Cl.O=C(O)C(F)(F)F. The van der Waals surface area contributed by atoms with Crippen LogP contribution in [0.15, 0.2) is 18.3 Å². The molecule has 0 aromatic carbocycles. The second-order valence-electron chi connectivity index (χ2n) is 4.63. The van der Waals surface area contributed by atoms with Crippen molar-refractivity contribution in [3.05, 3.63) is 29.6 Å². The minimum absolute atomic E-state index is 0.176. The van der Waals surface area contributed by atoms with Gasteiger partial charge in [0.05, 0.1) is 0 Å². The van der Waals surface area contributed by atoms with Crippen LogP contribution in [-0.2, 0) is 16.0 Å². The molecule has 1 aliphatic carbocycles. The molecule has 0 radical (unpaired) electrons. The third-order valence-corrected chi connectivity index (χ3v) is 3.24. The first-order chi connectivity index (χ1) is 10.6. The van der Waals surface area contributed by atoms with Gasteiger partial charge in [0, 0.05) is 24.4 Å². The first kappa shape index (κ1) is 19.1. The molecule has 0 bridgehead atoms. The van der Waals surface area contributed by atoms with Gasteiger partial charge >= 0.3 is 12.1 Å². The molecule has 0 aliphatic heterocycles. The number of carbonyl (C=O) groups excluding carboxylic acids is 1. The van der Waals surface area contributed by atoms with Crippen LogP contribution in [0.1, 0.15) is 23.6 Å². The molecule has 10 heteroatoms. The van der Waals surface area contributed by atoms with Crippen LogP contribution in [0.3, 0.4) is 0 Å². The van der Waals surface area contributed by atoms with Gasteiger partial charge in [0.2, 0.25) is 0 Å². The fourth-order valence-electron chi connectivity index (χ4n) is 2.00. The monoisotopic (exact) mass is 356 g/mol. The summed E-state index contributed by atoms with van der Waals surface area (Å²) >= 11 is 5.02. The molecule has 2 unspecified atom stereocenters. The van der Waals surface area contributed by atoms with E-state index in [1.807, 2.05) is 12.1 Å². The Kier molecular flexibility index (Phi) is 6.74. The van der Waals surface area contributed by atoms with E-state index in [0.29, 0.717) is 6.54 Å². The summed E-state index contributed by atoms with van der Waals surface area (Å²) in [7, 11) is 0. The van der Waals surface area contributed by atoms with Gasteiger partial charge in [-0.05, 0) is 24.5 Å². The maximum Gasteiger partial charge on any atom is 0.490 e. The van der Waals surface area contributed by atoms with Gasteiger partial charge in [-0.3, -0.25) is 9.78 Å². The van der Waals surface area contributed by atoms with E-state index >= 15 is 0 Å². The van der Waals surface area contributed by atoms with Gasteiger partial charge in [-0.25, -0.2) is 9.18 Å². The summed E-state index contributed by atoms with van der Waals surface area (Å²) in [6.45, 7) is 0.399. The van der Waals surface area contributed by atoms with Crippen molar-refractivity contribution in [1.29, 1.82) is 0 Å². The fraction of sp³-hybridized carbons (Fsp3) is 0.462. The number of carbonyl (C=O) groups is 2. The molecule has 1 aromatic heterocycles. The number of hydrogen-bond acceptors (Lipinski definition) is 3. The lowest BCUT2D eigenvalue weighted by Crippen LogP contribution is -2.32. The summed E-state index contributed by atoms with van der Waals surface area (Å²) in [6, 6.07) is 3.93. The lowest BCUT2D eigenvalue weighted by molar-refractivity contribution is -0.192. The summed E-state index contributed by atoms with van der Waals surface area (Å²) in [5, 5.41) is 9.60. The minimum Gasteiger partial charge on any atom is -0.475 e. The fourth-order valence-corrected chi connectivity index (χ4v) is 2.07. The number of halogens is 5. The molecule has 1 amide bonds. The number of aliphatic carboxylic acids is 1. The van der Waals surface area contributed by atoms with Crippen LogP contribution in [0, 0.1) is 0 Å². The normalized spacial score (nSPS) is 17.5. The average molecular weight is 357 g/mol. The third kappa shape index (κ3) is 6.01. The molecular weight excluding hydrogens is 344 g/mol. The molecule has 1 heterocycles. The van der Waals surface area contributed by atoms with E-state index < -0.39 is 23.7 Å². The summed E-state index contributed by atoms with van der Waals surface area (Å²) in [5.41, 5.74) is 0.252. The second kappa shape index (κ2) is 8.09. The van der Waals surface area contributed by atoms with E-state index in [9.17, 15) is 22.4 Å². The summed E-state index contributed by atoms with van der Waals surface area (Å²) < 4.78 is 44.1. The van der Waals surface area contributed by atoms with Crippen LogP contribution in [-0.4, -0.2) is 40.3 Å². The number of aromatic nitrogens is 1. The van der Waals surface area contributed by atoms with Gasteiger partial charge < -0.3 is 10.4 Å². The molecule has 0 spiro atoms. The van der Waals surface area contributed by atoms with Crippen LogP contribution in [0.4, 0.5) is 17.6 Å². The van der Waals surface area contributed by atoms with Gasteiger partial charge in [0.25, 0.3) is 11.5 Å². The van der Waals surface area contributed by atoms with Gasteiger partial charge in [-0.1, -0.05) is 17.7 Å². The second-order valence-corrected chi connectivity index (χ2v) is 5.02. The van der Waals surface area contributed by atoms with Crippen molar-refractivity contribution >= 4 is 23.5 Å². The standard InChI is InChI=1S/C11H12ClFN2O.C2HF3O2/c12-10(13)11(16)15-6-8-4-3-7-2-1-5-14-9(7)8;3-2(4,5)1(6)7/h1-2,5,8,10H,3-4,6H2,(H,15,16);(H,6,7). The van der Waals surface area contributed by atoms with Crippen LogP contribution in [0.2, 0.25) is 0 Å². The lowest BCUT2D eigenvalue weighted by Gasteiger charge is -2.11. The van der Waals surface area contributed by atoms with Crippen molar-refractivity contribution < 1.29 is 32.3 Å². The first-order valence-corrected chi connectivity index (χ1v) is 6.86. The number of carboxylic acid groups (broad SMARTS) is 1. The molecule has 0 saturated heterocycles. The number of fused-ring (bicyclic) bond motifs is 1. The summed E-state index contributed by atoms with van der Waals surface area (Å²) in [4.78, 5) is 24.2. The molecule has 23 heavy (non-hydrogen) atoms. The van der Waals surface area contributed by atoms with Crippen molar-refractivity contribution in [2.24, 2.45) is 0 Å². The molecule has 1 aromatic rings. The lowest BCUT2D eigenvalue weighted by atomic mass is 10.1. The highest BCUT2D eigenvalue weighted by atomic mass is 35.5. The van der Waals surface area contributed by atoms with Gasteiger partial charge in [-0.2, -0.15) is 13.2 Å². The molecule has 2 atom stereocenters. The Morgan fingerprint density at radius 2 is 2.09 bits per heavy atom. The predicted molar refractivity (Wildman–Crippen MR) is 72.7 cm³/mol. The zero-order valence-electron chi connectivity index (χ0n) is 11.6. The molecule has 2 rings (SSSR count). The van der Waals surface area contributed by atoms with Gasteiger partial charge in [-0.15, -0.1) is 0 Å². The van der Waals surface area contributed by atoms with Crippen LogP contribution in [0.25, 0.3) is 0 Å². The number of aryl methyl sites for hydroxylation is 1. The highest BCUT2D eigenvalue weighted by Gasteiger charge is 2.38. The Hall–Kier alpha value is -1.90. The van der Waals surface area contributed by atoms with Crippen LogP contribution < -0.4 is 5.32 Å². The quantitative estimate of drug-likeness (QED) is 0.644. The van der Waals surface area contributed by atoms with E-state index in [1.165, 1.54) is 5.56 Å². The summed E-state index contributed by atoms with van der Waals surface area (Å²) in [5.74, 6) is -3.35. The highest BCUT2D eigenvalue weighted by molar-refractivity contribution is 6.29. The van der Waals surface area contributed by atoms with Crippen LogP contribution >= 0.6 is 11.6 Å². The zero-order valence-corrected chi connectivity index (χ0v) is 12.4. The molecule has 128 valence electrons. The van der Waals surface area contributed by atoms with E-state index in [4.69, 9.17) is 21.5 Å². The van der Waals surface area contributed by atoms with Crippen molar-refractivity contribution in [2.75, 3.05) is 6.54 Å². The topological polar surface area (TPSA) is 79.3 Å². The average Bonchev–Trinajstić information content (AvgIpc) is 2.87. The molecule has 0 fully saturated rings. The zero-order chi connectivity index (χ0) is 17.6. The number of alkyl halides is 5. The Labute approximate surface area is 133 Å². The predicted octanol–water partition coefficient (Wildman–Crippen LogP) is 2.40. The van der Waals surface area contributed by atoms with Crippen LogP contribution in [0.5, 0.6) is 0 Å². The molecule has 2 N–H and O–H groups in total. The van der Waals surface area contributed by atoms with E-state index in [2.05, 4.69) is 10.3 Å². The third-order valence-electron chi connectivity index (χ3n) is 3.04. The maximum atomic E-state index is 12.4. The van der Waals surface area contributed by atoms with Crippen molar-refractivity contribution in [3.8, 4) is 0 Å². The number of nitrogens with zero attached hydrogens (tertiary/aromatic N) is 1. The number of nitrogens with one attached hydrogen (secondary N) is 1. The molecular formula is C13H13ClF4N2O3. The van der Waals surface area contributed by atoms with E-state index in [-0.39, 0.29) is 5.92 Å². The van der Waals surface area contributed by atoms with E-state index in [0.717, 1.165) is 18.5 Å². The highest BCUT2D eigenvalue weighted by Crippen LogP contribution is 2.30. The Bertz CT molecular complexity index is 566. The van der Waals surface area contributed by atoms with Crippen molar-refractivity contribution in [3.63, 3.8) is 0 Å². The van der Waals surface area contributed by atoms with Gasteiger partial charge in [0.15, 0.2) is 0 Å². The summed E-state index contributed by atoms with van der Waals surface area (Å²) in [6.07, 6.45) is -1.45. The maximum absolute atomic E-state index is 12.4. The number of carboxylic acids is 1. The Balaban J connectivity index is 0.000000322. The molecule has 0 saturated carbocycles. The van der Waals surface area contributed by atoms with Gasteiger partial charge in [0.1, 0.15) is 0 Å². The van der Waals surface area contributed by atoms with Crippen molar-refractivity contribution in [1.82, 2.24) is 10.3 Å². The number of pyridine rings is 1. The molecule has 5 nitrogen and oxygen atoms in total. The molecule has 1 aliphatic rings. The smallest absolute Gasteiger partial charge is 0.475 e. The number of hydrogen-bond donors (Lipinski definition) is 2. The van der Waals surface area contributed by atoms with E-state index in [1.54, 1.807) is 6.20 Å². The Morgan fingerprint density at radius 1 is 1.48 bits per heavy atom.